The molecular formula is C18H15N5. The highest BCUT2D eigenvalue weighted by Gasteiger charge is 2.30. The van der Waals surface area contributed by atoms with Crippen molar-refractivity contribution < 1.29 is 0 Å². The average molecular weight is 301 g/mol. The number of hydrogen-bond donors (Lipinski definition) is 0. The number of benzene rings is 2. The molecule has 0 spiro atoms. The fourth-order valence-electron chi connectivity index (χ4n) is 3.19. The van der Waals surface area contributed by atoms with Gasteiger partial charge in [-0.25, -0.2) is 9.97 Å². The first-order valence-corrected chi connectivity index (χ1v) is 7.77. The van der Waals surface area contributed by atoms with Gasteiger partial charge in [0.25, 0.3) is 0 Å². The Morgan fingerprint density at radius 2 is 1.57 bits per heavy atom. The number of nitrogens with zero attached hydrogens (tertiary/aromatic N) is 5. The Morgan fingerprint density at radius 1 is 0.826 bits per heavy atom. The second kappa shape index (κ2) is 4.78. The molecule has 1 aliphatic heterocycles. The van der Waals surface area contributed by atoms with Crippen molar-refractivity contribution in [2.24, 2.45) is 0 Å². The van der Waals surface area contributed by atoms with Crippen LogP contribution in [0.5, 0.6) is 0 Å². The van der Waals surface area contributed by atoms with E-state index in [2.05, 4.69) is 37.6 Å². The lowest BCUT2D eigenvalue weighted by Crippen LogP contribution is -2.48. The van der Waals surface area contributed by atoms with Crippen LogP contribution in [0.3, 0.4) is 0 Å². The van der Waals surface area contributed by atoms with E-state index in [1.54, 1.807) is 0 Å². The van der Waals surface area contributed by atoms with Crippen molar-refractivity contribution in [2.45, 2.75) is 6.04 Å². The topological polar surface area (TPSA) is 46.8 Å². The number of rotatable bonds is 2. The van der Waals surface area contributed by atoms with Crippen LogP contribution in [0, 0.1) is 0 Å². The molecule has 2 aromatic heterocycles. The van der Waals surface area contributed by atoms with Gasteiger partial charge in [-0.15, -0.1) is 0 Å². The standard InChI is InChI=1S/C18H15N5/c1-2-6-15-14(5-1)19-9-18(21-15)22-10-13(11-22)23-12-20-16-7-3-4-8-17(16)23/h1-9,12-13H,10-11H2. The summed E-state index contributed by atoms with van der Waals surface area (Å²) >= 11 is 0. The SMILES string of the molecule is c1ccc2nc(N3CC(n4cnc5ccccc54)C3)cnc2c1. The lowest BCUT2D eigenvalue weighted by molar-refractivity contribution is 0.405. The van der Waals surface area contributed by atoms with Crippen molar-refractivity contribution in [1.82, 2.24) is 19.5 Å². The molecule has 0 unspecified atom stereocenters. The molecule has 1 saturated heterocycles. The van der Waals surface area contributed by atoms with Crippen LogP contribution in [0.4, 0.5) is 5.82 Å². The largest absolute Gasteiger partial charge is 0.351 e. The number of aromatic nitrogens is 4. The molecule has 0 amide bonds. The van der Waals surface area contributed by atoms with Gasteiger partial charge in [0.05, 0.1) is 40.6 Å². The van der Waals surface area contributed by atoms with Crippen molar-refractivity contribution in [1.29, 1.82) is 0 Å². The third-order valence-electron chi connectivity index (χ3n) is 4.50. The molecule has 0 atom stereocenters. The van der Waals surface area contributed by atoms with Crippen LogP contribution in [-0.4, -0.2) is 32.6 Å². The Hall–Kier alpha value is -2.95. The zero-order valence-electron chi connectivity index (χ0n) is 12.5. The summed E-state index contributed by atoms with van der Waals surface area (Å²) in [4.78, 5) is 16.0. The van der Waals surface area contributed by atoms with Gasteiger partial charge in [0, 0.05) is 13.1 Å². The Morgan fingerprint density at radius 3 is 2.43 bits per heavy atom. The normalized spacial score (nSPS) is 15.2. The minimum Gasteiger partial charge on any atom is -0.351 e. The minimum atomic E-state index is 0.440. The highest BCUT2D eigenvalue weighted by molar-refractivity contribution is 5.76. The zero-order valence-corrected chi connectivity index (χ0v) is 12.5. The zero-order chi connectivity index (χ0) is 15.2. The minimum absolute atomic E-state index is 0.440. The summed E-state index contributed by atoms with van der Waals surface area (Å²) in [7, 11) is 0. The molecule has 0 saturated carbocycles. The highest BCUT2D eigenvalue weighted by atomic mass is 15.3. The lowest BCUT2D eigenvalue weighted by Gasteiger charge is -2.40. The summed E-state index contributed by atoms with van der Waals surface area (Å²) in [5.41, 5.74) is 4.13. The molecule has 5 nitrogen and oxygen atoms in total. The van der Waals surface area contributed by atoms with Gasteiger partial charge < -0.3 is 9.47 Å². The summed E-state index contributed by atoms with van der Waals surface area (Å²) in [5.74, 6) is 0.948. The maximum absolute atomic E-state index is 4.71. The molecule has 112 valence electrons. The van der Waals surface area contributed by atoms with E-state index in [4.69, 9.17) is 4.98 Å². The van der Waals surface area contributed by atoms with Gasteiger partial charge in [0.2, 0.25) is 0 Å². The Kier molecular flexibility index (Phi) is 2.61. The first-order chi connectivity index (χ1) is 11.4. The molecule has 1 aliphatic rings. The van der Waals surface area contributed by atoms with Gasteiger partial charge in [-0.3, -0.25) is 4.98 Å². The summed E-state index contributed by atoms with van der Waals surface area (Å²) < 4.78 is 2.26. The Bertz CT molecular complexity index is 1000. The molecule has 0 aliphatic carbocycles. The molecule has 5 rings (SSSR count). The second-order valence-corrected chi connectivity index (χ2v) is 5.92. The van der Waals surface area contributed by atoms with Gasteiger partial charge in [-0.1, -0.05) is 24.3 Å². The van der Waals surface area contributed by atoms with E-state index in [-0.39, 0.29) is 0 Å². The van der Waals surface area contributed by atoms with E-state index in [0.29, 0.717) is 6.04 Å². The number of imidazole rings is 1. The molecule has 0 bridgehead atoms. The van der Waals surface area contributed by atoms with Crippen LogP contribution in [0.15, 0.2) is 61.1 Å². The molecule has 23 heavy (non-hydrogen) atoms. The van der Waals surface area contributed by atoms with E-state index < -0.39 is 0 Å². The van der Waals surface area contributed by atoms with Gasteiger partial charge in [-0.05, 0) is 24.3 Å². The summed E-state index contributed by atoms with van der Waals surface area (Å²) in [5, 5.41) is 0. The van der Waals surface area contributed by atoms with E-state index in [0.717, 1.165) is 35.5 Å². The summed E-state index contributed by atoms with van der Waals surface area (Å²) in [6, 6.07) is 16.7. The molecule has 5 heteroatoms. The third kappa shape index (κ3) is 1.97. The van der Waals surface area contributed by atoms with Crippen LogP contribution < -0.4 is 4.90 Å². The van der Waals surface area contributed by atoms with Crippen LogP contribution in [0.1, 0.15) is 6.04 Å². The van der Waals surface area contributed by atoms with Gasteiger partial charge in [0.15, 0.2) is 0 Å². The third-order valence-corrected chi connectivity index (χ3v) is 4.50. The first-order valence-electron chi connectivity index (χ1n) is 7.77. The molecule has 1 fully saturated rings. The van der Waals surface area contributed by atoms with Crippen molar-refractivity contribution in [3.05, 3.63) is 61.1 Å². The molecule has 2 aromatic carbocycles. The predicted octanol–water partition coefficient (Wildman–Crippen LogP) is 3.04. The van der Waals surface area contributed by atoms with Gasteiger partial charge in [-0.2, -0.15) is 0 Å². The van der Waals surface area contributed by atoms with Crippen LogP contribution >= 0.6 is 0 Å². The van der Waals surface area contributed by atoms with E-state index >= 15 is 0 Å². The number of fused-ring (bicyclic) bond motifs is 2. The smallest absolute Gasteiger partial charge is 0.147 e. The maximum Gasteiger partial charge on any atom is 0.147 e. The van der Waals surface area contributed by atoms with Crippen molar-refractivity contribution in [2.75, 3.05) is 18.0 Å². The molecule has 3 heterocycles. The summed E-state index contributed by atoms with van der Waals surface area (Å²) in [6.45, 7) is 1.88. The fourth-order valence-corrected chi connectivity index (χ4v) is 3.19. The molecule has 4 aromatic rings. The average Bonchev–Trinajstić information content (AvgIpc) is 2.98. The molecule has 0 radical (unpaired) electrons. The quantitative estimate of drug-likeness (QED) is 0.571. The fraction of sp³-hybridized carbons (Fsp3) is 0.167. The number of hydrogen-bond acceptors (Lipinski definition) is 4. The Labute approximate surface area is 133 Å². The Balaban J connectivity index is 1.41. The van der Waals surface area contributed by atoms with Crippen molar-refractivity contribution in [3.63, 3.8) is 0 Å². The van der Waals surface area contributed by atoms with E-state index in [1.165, 1.54) is 5.52 Å². The van der Waals surface area contributed by atoms with Crippen molar-refractivity contribution >= 4 is 27.9 Å². The number of para-hydroxylation sites is 4. The number of anilines is 1. The van der Waals surface area contributed by atoms with E-state index in [9.17, 15) is 0 Å². The van der Waals surface area contributed by atoms with Crippen LogP contribution in [0.25, 0.3) is 22.1 Å². The second-order valence-electron chi connectivity index (χ2n) is 5.92. The molecular weight excluding hydrogens is 286 g/mol. The predicted molar refractivity (Wildman–Crippen MR) is 90.5 cm³/mol. The maximum atomic E-state index is 4.71. The van der Waals surface area contributed by atoms with E-state index in [1.807, 2.05) is 42.9 Å². The molecule has 0 N–H and O–H groups in total. The van der Waals surface area contributed by atoms with Crippen LogP contribution in [0.2, 0.25) is 0 Å². The summed E-state index contributed by atoms with van der Waals surface area (Å²) in [6.07, 6.45) is 3.81. The van der Waals surface area contributed by atoms with Crippen molar-refractivity contribution in [3.8, 4) is 0 Å². The van der Waals surface area contributed by atoms with Gasteiger partial charge >= 0.3 is 0 Å². The first kappa shape index (κ1) is 12.6. The lowest BCUT2D eigenvalue weighted by atomic mass is 10.1. The van der Waals surface area contributed by atoms with Gasteiger partial charge in [0.1, 0.15) is 5.82 Å². The van der Waals surface area contributed by atoms with Crippen LogP contribution in [-0.2, 0) is 0 Å². The highest BCUT2D eigenvalue weighted by Crippen LogP contribution is 2.29. The monoisotopic (exact) mass is 301 g/mol.